The molecule has 0 radical (unpaired) electrons. The standard InChI is InChI=1S/C26H40/c1-8-11-13-14-16-21(5)17-24(22(6)10-3)26(25-19-23(25)7)18-20(4)15-12-9-2/h8-10,15-16,23-24H,1-2,11-14,17-19H2,3-7H3. The van der Waals surface area contributed by atoms with Crippen molar-refractivity contribution in [2.75, 3.05) is 0 Å². The number of allylic oxidation sites excluding steroid dienone is 10. The van der Waals surface area contributed by atoms with E-state index in [1.807, 2.05) is 12.2 Å². The lowest BCUT2D eigenvalue weighted by atomic mass is 9.82. The fourth-order valence-electron chi connectivity index (χ4n) is 3.61. The van der Waals surface area contributed by atoms with E-state index in [1.165, 1.54) is 36.0 Å². The van der Waals surface area contributed by atoms with Crippen molar-refractivity contribution in [3.8, 4) is 0 Å². The van der Waals surface area contributed by atoms with Gasteiger partial charge in [0, 0.05) is 5.92 Å². The van der Waals surface area contributed by atoms with Crippen LogP contribution in [0.5, 0.6) is 0 Å². The first-order valence-corrected chi connectivity index (χ1v) is 10.3. The Morgan fingerprint density at radius 1 is 1.08 bits per heavy atom. The predicted octanol–water partition coefficient (Wildman–Crippen LogP) is 8.51. The number of hydrogen-bond acceptors (Lipinski definition) is 0. The molecular weight excluding hydrogens is 312 g/mol. The highest BCUT2D eigenvalue weighted by atomic mass is 14.4. The van der Waals surface area contributed by atoms with Crippen LogP contribution in [-0.4, -0.2) is 0 Å². The van der Waals surface area contributed by atoms with E-state index in [0.29, 0.717) is 5.92 Å². The maximum atomic E-state index is 3.85. The lowest BCUT2D eigenvalue weighted by Crippen LogP contribution is -2.09. The second kappa shape index (κ2) is 11.9. The summed E-state index contributed by atoms with van der Waals surface area (Å²) >= 11 is 0. The molecule has 0 heteroatoms. The van der Waals surface area contributed by atoms with E-state index in [2.05, 4.69) is 66.0 Å². The summed E-state index contributed by atoms with van der Waals surface area (Å²) in [6.07, 6.45) is 19.1. The van der Waals surface area contributed by atoms with Gasteiger partial charge in [0.2, 0.25) is 0 Å². The van der Waals surface area contributed by atoms with E-state index in [9.17, 15) is 0 Å². The van der Waals surface area contributed by atoms with Gasteiger partial charge < -0.3 is 0 Å². The summed E-state index contributed by atoms with van der Waals surface area (Å²) < 4.78 is 0. The SMILES string of the molecule is C=CCC=C(C)CC(=C1CC1C)C(CC(C)=CCCCC=C)C(C)=CC. The van der Waals surface area contributed by atoms with E-state index in [4.69, 9.17) is 0 Å². The van der Waals surface area contributed by atoms with Gasteiger partial charge in [0.1, 0.15) is 0 Å². The Hall–Kier alpha value is -1.56. The molecule has 1 rings (SSSR count). The van der Waals surface area contributed by atoms with Crippen LogP contribution in [0.1, 0.15) is 79.6 Å². The van der Waals surface area contributed by atoms with E-state index in [0.717, 1.165) is 31.6 Å². The third kappa shape index (κ3) is 7.77. The van der Waals surface area contributed by atoms with Crippen LogP contribution in [0.3, 0.4) is 0 Å². The van der Waals surface area contributed by atoms with Gasteiger partial charge in [-0.1, -0.05) is 65.2 Å². The van der Waals surface area contributed by atoms with E-state index in [-0.39, 0.29) is 0 Å². The normalized spacial score (nSPS) is 21.4. The van der Waals surface area contributed by atoms with Crippen molar-refractivity contribution in [2.45, 2.75) is 79.6 Å². The Balaban J connectivity index is 2.99. The minimum Gasteiger partial charge on any atom is -0.103 e. The molecule has 144 valence electrons. The Bertz CT molecular complexity index is 592. The van der Waals surface area contributed by atoms with E-state index >= 15 is 0 Å². The van der Waals surface area contributed by atoms with Crippen LogP contribution in [0.2, 0.25) is 0 Å². The number of unbranched alkanes of at least 4 members (excludes halogenated alkanes) is 2. The van der Waals surface area contributed by atoms with Crippen LogP contribution >= 0.6 is 0 Å². The summed E-state index contributed by atoms with van der Waals surface area (Å²) in [4.78, 5) is 0. The molecule has 1 aliphatic rings. The highest BCUT2D eigenvalue weighted by Crippen LogP contribution is 2.46. The minimum absolute atomic E-state index is 0.558. The lowest BCUT2D eigenvalue weighted by Gasteiger charge is -2.23. The molecule has 2 atom stereocenters. The molecular formula is C26H40. The Morgan fingerprint density at radius 2 is 1.77 bits per heavy atom. The second-order valence-electron chi connectivity index (χ2n) is 7.97. The summed E-state index contributed by atoms with van der Waals surface area (Å²) in [6, 6.07) is 0. The average Bonchev–Trinajstić information content (AvgIpc) is 3.35. The van der Waals surface area contributed by atoms with Gasteiger partial charge in [0.15, 0.2) is 0 Å². The number of hydrogen-bond donors (Lipinski definition) is 0. The van der Waals surface area contributed by atoms with Crippen LogP contribution in [0.25, 0.3) is 0 Å². The van der Waals surface area contributed by atoms with Crippen molar-refractivity contribution in [3.05, 3.63) is 71.4 Å². The fourth-order valence-corrected chi connectivity index (χ4v) is 3.61. The zero-order valence-electron chi connectivity index (χ0n) is 17.9. The molecule has 0 aromatic carbocycles. The molecule has 0 N–H and O–H groups in total. The smallest absolute Gasteiger partial charge is 0.00471 e. The predicted molar refractivity (Wildman–Crippen MR) is 119 cm³/mol. The topological polar surface area (TPSA) is 0 Å². The summed E-state index contributed by atoms with van der Waals surface area (Å²) in [7, 11) is 0. The van der Waals surface area contributed by atoms with E-state index in [1.54, 1.807) is 11.1 Å². The Labute approximate surface area is 163 Å². The first kappa shape index (κ1) is 22.5. The molecule has 0 saturated heterocycles. The maximum absolute atomic E-state index is 3.85. The van der Waals surface area contributed by atoms with Gasteiger partial charge in [-0.05, 0) is 78.6 Å². The summed E-state index contributed by atoms with van der Waals surface area (Å²) in [5.74, 6) is 1.34. The second-order valence-corrected chi connectivity index (χ2v) is 7.97. The van der Waals surface area contributed by atoms with Crippen LogP contribution in [-0.2, 0) is 0 Å². The molecule has 1 saturated carbocycles. The first-order chi connectivity index (χ1) is 12.4. The van der Waals surface area contributed by atoms with Crippen LogP contribution in [0.15, 0.2) is 71.4 Å². The van der Waals surface area contributed by atoms with Crippen molar-refractivity contribution in [1.29, 1.82) is 0 Å². The molecule has 0 aromatic rings. The molecule has 0 amide bonds. The molecule has 0 aromatic heterocycles. The van der Waals surface area contributed by atoms with Crippen LogP contribution < -0.4 is 0 Å². The minimum atomic E-state index is 0.558. The highest BCUT2D eigenvalue weighted by Gasteiger charge is 2.31. The summed E-state index contributed by atoms with van der Waals surface area (Å²) in [5.41, 5.74) is 7.92. The van der Waals surface area contributed by atoms with Gasteiger partial charge in [0.05, 0.1) is 0 Å². The van der Waals surface area contributed by atoms with Crippen LogP contribution in [0, 0.1) is 11.8 Å². The highest BCUT2D eigenvalue weighted by molar-refractivity contribution is 5.38. The van der Waals surface area contributed by atoms with E-state index < -0.39 is 0 Å². The van der Waals surface area contributed by atoms with Crippen molar-refractivity contribution in [1.82, 2.24) is 0 Å². The van der Waals surface area contributed by atoms with Crippen molar-refractivity contribution < 1.29 is 0 Å². The molecule has 1 aliphatic carbocycles. The largest absolute Gasteiger partial charge is 0.103 e. The summed E-state index contributed by atoms with van der Waals surface area (Å²) in [6.45, 7) is 19.1. The van der Waals surface area contributed by atoms with Gasteiger partial charge >= 0.3 is 0 Å². The molecule has 2 unspecified atom stereocenters. The number of rotatable bonds is 12. The van der Waals surface area contributed by atoms with Crippen molar-refractivity contribution >= 4 is 0 Å². The van der Waals surface area contributed by atoms with Gasteiger partial charge in [0.25, 0.3) is 0 Å². The van der Waals surface area contributed by atoms with Gasteiger partial charge in [-0.25, -0.2) is 0 Å². The third-order valence-corrected chi connectivity index (χ3v) is 5.53. The maximum Gasteiger partial charge on any atom is 0.00471 e. The first-order valence-electron chi connectivity index (χ1n) is 10.3. The molecule has 0 heterocycles. The quantitative estimate of drug-likeness (QED) is 0.244. The molecule has 0 nitrogen and oxygen atoms in total. The van der Waals surface area contributed by atoms with Crippen molar-refractivity contribution in [3.63, 3.8) is 0 Å². The Morgan fingerprint density at radius 3 is 2.31 bits per heavy atom. The van der Waals surface area contributed by atoms with Crippen LogP contribution in [0.4, 0.5) is 0 Å². The molecule has 0 aliphatic heterocycles. The monoisotopic (exact) mass is 352 g/mol. The van der Waals surface area contributed by atoms with Crippen molar-refractivity contribution in [2.24, 2.45) is 11.8 Å². The van der Waals surface area contributed by atoms with Gasteiger partial charge in [-0.15, -0.1) is 13.2 Å². The van der Waals surface area contributed by atoms with Gasteiger partial charge in [-0.3, -0.25) is 0 Å². The lowest BCUT2D eigenvalue weighted by molar-refractivity contribution is 0.669. The molecule has 0 spiro atoms. The third-order valence-electron chi connectivity index (χ3n) is 5.53. The molecule has 26 heavy (non-hydrogen) atoms. The molecule has 0 bridgehead atoms. The zero-order chi connectivity index (χ0) is 19.5. The summed E-state index contributed by atoms with van der Waals surface area (Å²) in [5, 5.41) is 0. The zero-order valence-corrected chi connectivity index (χ0v) is 17.9. The Kier molecular flexibility index (Phi) is 10.3. The van der Waals surface area contributed by atoms with Gasteiger partial charge in [-0.2, -0.15) is 0 Å². The molecule has 1 fully saturated rings. The fraction of sp³-hybridized carbons (Fsp3) is 0.538. The average molecular weight is 353 g/mol.